The lowest BCUT2D eigenvalue weighted by Crippen LogP contribution is -2.53. The first-order valence-electron chi connectivity index (χ1n) is 35.9. The minimum absolute atomic E-state index is 0.0317. The van der Waals surface area contributed by atoms with E-state index in [-0.39, 0.29) is 114 Å². The molecule has 0 rings (SSSR count). The van der Waals surface area contributed by atoms with Crippen LogP contribution in [-0.4, -0.2) is 275 Å². The quantitative estimate of drug-likeness (QED) is 0.0120. The molecule has 38 heteroatoms. The molecule has 0 aliphatic heterocycles. The Bertz CT molecular complexity index is 2630. The Labute approximate surface area is 652 Å². The molecule has 0 spiro atoms. The zero-order valence-corrected chi connectivity index (χ0v) is 74.0. The Morgan fingerprint density at radius 3 is 0.633 bits per heavy atom. The van der Waals surface area contributed by atoms with Gasteiger partial charge in [-0.15, -0.1) is 11.8 Å². The molecule has 640 valence electrons. The molecule has 109 heavy (non-hydrogen) atoms. The Balaban J connectivity index is -0.000000418. The lowest BCUT2D eigenvalue weighted by molar-refractivity contribution is -0.187. The van der Waals surface area contributed by atoms with E-state index in [2.05, 4.69) is 68.8 Å². The van der Waals surface area contributed by atoms with E-state index in [4.69, 9.17) is 80.3 Å². The smallest absolute Gasteiger partial charge is 0.328 e. The van der Waals surface area contributed by atoms with Crippen LogP contribution in [0.15, 0.2) is 0 Å². The molecule has 0 aliphatic carbocycles. The normalized spacial score (nSPS) is 12.1. The number of thioether (sulfide) groups is 1. The molecule has 4 N–H and O–H groups in total. The molecule has 0 heterocycles. The first-order valence-corrected chi connectivity index (χ1v) is 46.0. The van der Waals surface area contributed by atoms with Gasteiger partial charge in [0, 0.05) is 13.8 Å². The lowest BCUT2D eigenvalue weighted by atomic mass is 9.90. The average molecular weight is 1650 g/mol. The molecule has 0 aliphatic rings. The molecule has 0 aromatic heterocycles. The minimum atomic E-state index is -2.27. The van der Waals surface area contributed by atoms with Gasteiger partial charge < -0.3 is 105 Å². The van der Waals surface area contributed by atoms with Crippen LogP contribution in [0, 0.1) is 27.1 Å². The number of ether oxygens (including phenoxy) is 15. The van der Waals surface area contributed by atoms with Crippen molar-refractivity contribution < 1.29 is 162 Å². The summed E-state index contributed by atoms with van der Waals surface area (Å²) in [4.78, 5) is 143. The molecule has 0 unspecified atom stereocenters. The zero-order valence-electron chi connectivity index (χ0n) is 70.2. The summed E-state index contributed by atoms with van der Waals surface area (Å²) in [7, 11) is -6.65. The van der Waals surface area contributed by atoms with Crippen molar-refractivity contribution in [3.05, 3.63) is 0 Å². The van der Waals surface area contributed by atoms with Crippen molar-refractivity contribution in [2.45, 2.75) is 200 Å². The van der Waals surface area contributed by atoms with Crippen molar-refractivity contribution in [3.63, 3.8) is 0 Å². The number of carbonyl (C=O) groups is 12. The maximum absolute atomic E-state index is 12.7. The minimum Gasteiger partial charge on any atom is -0.465 e. The van der Waals surface area contributed by atoms with E-state index in [0.29, 0.717) is 5.94 Å². The third-order valence-electron chi connectivity index (χ3n) is 17.1. The van der Waals surface area contributed by atoms with Crippen molar-refractivity contribution in [2.75, 3.05) is 158 Å². The first-order chi connectivity index (χ1) is 50.3. The molecular formula is C71H134O34SSi3. The van der Waals surface area contributed by atoms with Crippen LogP contribution in [0.3, 0.4) is 0 Å². The number of rotatable bonds is 45. The van der Waals surface area contributed by atoms with Crippen LogP contribution in [0.1, 0.15) is 145 Å². The Kier molecular flexibility index (Phi) is 56.3. The summed E-state index contributed by atoms with van der Waals surface area (Å²) >= 11 is 1.46. The topological polar surface area (TPSA) is 452 Å². The highest BCUT2D eigenvalue weighted by Gasteiger charge is 2.56. The van der Waals surface area contributed by atoms with Gasteiger partial charge in [-0.3, -0.25) is 57.5 Å². The van der Waals surface area contributed by atoms with Gasteiger partial charge in [0.15, 0.2) is 38.5 Å². The van der Waals surface area contributed by atoms with Crippen molar-refractivity contribution in [1.82, 2.24) is 0 Å². The van der Waals surface area contributed by atoms with Crippen LogP contribution in [-0.2, 0) is 142 Å². The number of hydrogen-bond acceptors (Lipinski definition) is 35. The molecule has 34 nitrogen and oxygen atoms in total. The van der Waals surface area contributed by atoms with E-state index < -0.39 is 170 Å². The predicted molar refractivity (Wildman–Crippen MR) is 406 cm³/mol. The summed E-state index contributed by atoms with van der Waals surface area (Å²) in [5.41, 5.74) is -9.20. The van der Waals surface area contributed by atoms with Gasteiger partial charge in [-0.05, 0) is 130 Å². The highest BCUT2D eigenvalue weighted by atomic mass is 32.2. The molecular weight excluding hydrogens is 1510 g/mol. The summed E-state index contributed by atoms with van der Waals surface area (Å²) in [6.45, 7) is 44.6. The molecule has 0 aromatic carbocycles. The number of aliphatic hydroxyl groups excluding tert-OH is 4. The fourth-order valence-electron chi connectivity index (χ4n) is 7.10. The number of carbonyl (C=O) groups excluding carboxylic acids is 12. The van der Waals surface area contributed by atoms with E-state index in [9.17, 15) is 67.7 Å². The predicted octanol–water partition coefficient (Wildman–Crippen LogP) is 6.94. The molecule has 0 aromatic rings. The fraction of sp³-hybridized carbons (Fsp3) is 0.831. The Morgan fingerprint density at radius 1 is 0.275 bits per heavy atom. The molecule has 0 radical (unpaired) electrons. The van der Waals surface area contributed by atoms with Crippen LogP contribution >= 0.6 is 11.8 Å². The van der Waals surface area contributed by atoms with E-state index in [1.807, 2.05) is 53.2 Å². The van der Waals surface area contributed by atoms with Gasteiger partial charge in [0.05, 0.1) is 138 Å². The summed E-state index contributed by atoms with van der Waals surface area (Å²) in [5.74, 6) is -9.13. The van der Waals surface area contributed by atoms with E-state index in [1.54, 1.807) is 69.2 Å². The third kappa shape index (κ3) is 37.2. The second-order valence-electron chi connectivity index (χ2n) is 28.4. The molecule has 0 saturated carbocycles. The van der Waals surface area contributed by atoms with E-state index >= 15 is 0 Å². The maximum atomic E-state index is 12.7. The standard InChI is InChI=1S/C18H34O8Si.C17H34O6SSi.C15H30O6Si.C12H20O8.C9H16O6/c1-9-23-15(20)18(16(21)24-10-2,11-22-13-25-14(3)19)12-26-27(7,8)17(4,5)6;1-9-21-14(18)17(11-20-13-24-6,15(19)22-10-2)12-23-25(7,8)16(3,4)5;1-8-19-12(17)15(10-16,13(18)20-9-2)11-21-22(6,7)14(3,4)5;1-4-18-10(15)12(6-13,11(16)19-5-2)7-17-8-20-9(3)14;1-3-14-7(12)9(5-10,6-11)8(13)15-4-2/h9-13H2,1-8H3;9-13H2,1-8H3;16H,8-11H2,1-7H3;13H,4-8H2,1-3H3;10-11H,3-6H2,1-2H3. The molecule has 0 saturated heterocycles. The summed E-state index contributed by atoms with van der Waals surface area (Å²) in [6, 6.07) is 0. The van der Waals surface area contributed by atoms with Crippen molar-refractivity contribution >= 4 is 108 Å². The second kappa shape index (κ2) is 54.8. The number of hydrogen-bond donors (Lipinski definition) is 4. The monoisotopic (exact) mass is 1650 g/mol. The number of esters is 12. The maximum Gasteiger partial charge on any atom is 0.328 e. The Morgan fingerprint density at radius 2 is 0.450 bits per heavy atom. The van der Waals surface area contributed by atoms with Gasteiger partial charge in [-0.1, -0.05) is 62.3 Å². The second-order valence-corrected chi connectivity index (χ2v) is 43.6. The molecule has 0 fully saturated rings. The third-order valence-corrected chi connectivity index (χ3v) is 31.0. The van der Waals surface area contributed by atoms with E-state index in [0.717, 1.165) is 0 Å². The number of aliphatic hydroxyl groups is 4. The summed E-state index contributed by atoms with van der Waals surface area (Å²) in [6.07, 6.45) is 1.88. The highest BCUT2D eigenvalue weighted by Crippen LogP contribution is 2.41. The van der Waals surface area contributed by atoms with Gasteiger partial charge in [0.1, 0.15) is 0 Å². The van der Waals surface area contributed by atoms with E-state index in [1.165, 1.54) is 25.6 Å². The molecule has 0 bridgehead atoms. The van der Waals surface area contributed by atoms with Gasteiger partial charge in [0.25, 0.3) is 0 Å². The van der Waals surface area contributed by atoms with Gasteiger partial charge in [-0.2, -0.15) is 0 Å². The SMILES string of the molecule is CCOC(=O)C(CO)(CO)C(=O)OCC.CCOC(=O)C(CO)(COCOC(C)=O)C(=O)OCC.CCOC(=O)C(CO)(CO[Si](C)(C)C(C)(C)C)C(=O)OCC.CCOC(=O)C(COCOC(C)=O)(CO[Si](C)(C)C(C)(C)C)C(=O)OCC.CCOC(=O)C(COCSC)(CO[Si](C)(C)C(C)(C)C)C(=O)OCC. The van der Waals surface area contributed by atoms with Crippen LogP contribution in [0.5, 0.6) is 0 Å². The van der Waals surface area contributed by atoms with Gasteiger partial charge in [0.2, 0.25) is 27.1 Å². The van der Waals surface area contributed by atoms with Crippen LogP contribution in [0.4, 0.5) is 0 Å². The van der Waals surface area contributed by atoms with Gasteiger partial charge in [-0.25, -0.2) is 0 Å². The largest absolute Gasteiger partial charge is 0.465 e. The zero-order chi connectivity index (χ0) is 86.1. The van der Waals surface area contributed by atoms with Gasteiger partial charge >= 0.3 is 71.6 Å². The molecule has 0 atom stereocenters. The van der Waals surface area contributed by atoms with Crippen LogP contribution in [0.25, 0.3) is 0 Å². The fourth-order valence-corrected chi connectivity index (χ4v) is 10.5. The Hall–Kier alpha value is -5.76. The molecule has 0 amide bonds. The summed E-state index contributed by atoms with van der Waals surface area (Å²) < 4.78 is 92.4. The van der Waals surface area contributed by atoms with Crippen molar-refractivity contribution in [2.24, 2.45) is 27.1 Å². The summed E-state index contributed by atoms with van der Waals surface area (Å²) in [5, 5.41) is 36.8. The first kappa shape index (κ1) is 112. The lowest BCUT2D eigenvalue weighted by Gasteiger charge is -2.39. The van der Waals surface area contributed by atoms with Crippen LogP contribution < -0.4 is 0 Å². The van der Waals surface area contributed by atoms with Crippen molar-refractivity contribution in [3.8, 4) is 0 Å². The van der Waals surface area contributed by atoms with Crippen molar-refractivity contribution in [1.29, 1.82) is 0 Å². The average Bonchev–Trinajstić information content (AvgIpc) is 0.807. The van der Waals surface area contributed by atoms with Crippen LogP contribution in [0.2, 0.25) is 54.4 Å². The highest BCUT2D eigenvalue weighted by molar-refractivity contribution is 7.98.